The fourth-order valence-corrected chi connectivity index (χ4v) is 11.7. The number of hydrogen-bond donors (Lipinski definition) is 0. The molecule has 0 radical (unpaired) electrons. The van der Waals surface area contributed by atoms with Gasteiger partial charge in [0.2, 0.25) is 0 Å². The minimum atomic E-state index is -1.61. The average molecular weight is 352 g/mol. The van der Waals surface area contributed by atoms with E-state index in [-0.39, 0.29) is 0 Å². The van der Waals surface area contributed by atoms with Gasteiger partial charge in [0.1, 0.15) is 0 Å². The molecule has 0 aliphatic heterocycles. The van der Waals surface area contributed by atoms with Crippen molar-refractivity contribution in [2.45, 2.75) is 69.3 Å². The Labute approximate surface area is 156 Å². The van der Waals surface area contributed by atoms with Crippen LogP contribution in [-0.2, 0) is 0 Å². The quantitative estimate of drug-likeness (QED) is 0.481. The molecular weight excluding hydrogens is 318 g/mol. The van der Waals surface area contributed by atoms with Gasteiger partial charge in [-0.05, 0) is 0 Å². The van der Waals surface area contributed by atoms with Crippen molar-refractivity contribution in [1.29, 1.82) is 0 Å². The molecule has 2 aromatic rings. The Kier molecular flexibility index (Phi) is 4.70. The van der Waals surface area contributed by atoms with Crippen LogP contribution in [0.4, 0.5) is 0 Å². The van der Waals surface area contributed by atoms with Gasteiger partial charge in [0.05, 0.1) is 0 Å². The molecule has 25 heavy (non-hydrogen) atoms. The van der Waals surface area contributed by atoms with Crippen LogP contribution in [0.15, 0.2) is 60.7 Å². The molecule has 1 fully saturated rings. The van der Waals surface area contributed by atoms with Crippen LogP contribution >= 0.6 is 7.14 Å². The molecule has 134 valence electrons. The van der Waals surface area contributed by atoms with Gasteiger partial charge in [0, 0.05) is 0 Å². The second-order valence-electron chi connectivity index (χ2n) is 10.1. The number of rotatable bonds is 3. The summed E-state index contributed by atoms with van der Waals surface area (Å²) < 4.78 is 0. The Bertz CT molecular complexity index is 650. The number of hydrogen-bond acceptors (Lipinski definition) is 0. The summed E-state index contributed by atoms with van der Waals surface area (Å²) in [5.74, 6) is 1.36. The summed E-state index contributed by atoms with van der Waals surface area (Å²) in [5.41, 5.74) is 3.87. The van der Waals surface area contributed by atoms with Gasteiger partial charge in [0.25, 0.3) is 0 Å². The summed E-state index contributed by atoms with van der Waals surface area (Å²) in [6, 6.07) is 22.5. The average Bonchev–Trinajstić information content (AvgIpc) is 3.29. The summed E-state index contributed by atoms with van der Waals surface area (Å²) in [7, 11) is 1.07. The molecule has 3 rings (SSSR count). The van der Waals surface area contributed by atoms with E-state index in [1.807, 2.05) is 0 Å². The van der Waals surface area contributed by atoms with Crippen molar-refractivity contribution in [1.82, 2.24) is 0 Å². The first-order chi connectivity index (χ1) is 11.6. The van der Waals surface area contributed by atoms with E-state index < -0.39 is 7.14 Å². The fourth-order valence-electron chi connectivity index (χ4n) is 5.33. The third-order valence-corrected chi connectivity index (χ3v) is 15.5. The normalized spacial score (nSPS) is 24.8. The van der Waals surface area contributed by atoms with Crippen LogP contribution in [0.2, 0.25) is 0 Å². The fraction of sp³-hybridized carbons (Fsp3) is 0.478. The van der Waals surface area contributed by atoms with Crippen molar-refractivity contribution in [3.05, 3.63) is 71.8 Å². The zero-order valence-corrected chi connectivity index (χ0v) is 18.0. The van der Waals surface area contributed by atoms with Crippen molar-refractivity contribution < 1.29 is 0 Å². The molecule has 2 unspecified atom stereocenters. The van der Waals surface area contributed by atoms with Crippen molar-refractivity contribution >= 4 is 14.7 Å². The molecule has 0 saturated heterocycles. The van der Waals surface area contributed by atoms with Gasteiger partial charge < -0.3 is 0 Å². The molecule has 2 heteroatoms. The molecule has 1 aliphatic carbocycles. The summed E-state index contributed by atoms with van der Waals surface area (Å²) in [5, 5.41) is 0.763. The van der Waals surface area contributed by atoms with Gasteiger partial charge in [-0.1, -0.05) is 0 Å². The van der Waals surface area contributed by atoms with E-state index in [2.05, 4.69) is 110 Å². The molecule has 0 heterocycles. The van der Waals surface area contributed by atoms with Gasteiger partial charge in [-0.3, -0.25) is 0 Å². The Morgan fingerprint density at radius 3 is 1.24 bits per heavy atom. The van der Waals surface area contributed by atoms with E-state index in [1.54, 1.807) is 0 Å². The molecule has 0 spiro atoms. The molecular formula is C23H34BP. The Morgan fingerprint density at radius 1 is 0.640 bits per heavy atom. The van der Waals surface area contributed by atoms with Crippen molar-refractivity contribution in [2.24, 2.45) is 0 Å². The van der Waals surface area contributed by atoms with Gasteiger partial charge in [-0.25, -0.2) is 0 Å². The zero-order chi connectivity index (χ0) is 18.5. The molecule has 1 saturated carbocycles. The minimum absolute atomic E-state index is 0.381. The second kappa shape index (κ2) is 6.28. The molecule has 0 aromatic heterocycles. The van der Waals surface area contributed by atoms with Crippen molar-refractivity contribution in [3.63, 3.8) is 0 Å². The first kappa shape index (κ1) is 18.7. The number of benzene rings is 2. The predicted molar refractivity (Wildman–Crippen MR) is 119 cm³/mol. The molecule has 0 N–H and O–H groups in total. The molecule has 0 bridgehead atoms. The predicted octanol–water partition coefficient (Wildman–Crippen LogP) is 5.83. The van der Waals surface area contributed by atoms with Gasteiger partial charge in [0.15, 0.2) is 0 Å². The molecule has 2 aromatic carbocycles. The summed E-state index contributed by atoms with van der Waals surface area (Å²) in [4.78, 5) is 0. The molecule has 2 atom stereocenters. The van der Waals surface area contributed by atoms with Gasteiger partial charge in [-0.15, -0.1) is 0 Å². The third kappa shape index (κ3) is 3.10. The Balaban J connectivity index is 2.11. The zero-order valence-electron chi connectivity index (χ0n) is 17.0. The monoisotopic (exact) mass is 352 g/mol. The SMILES string of the molecule is B[PH](C1C(c2ccccc2)C1c1ccccc1)(C(C)(C)C)C(C)(C)C. The Morgan fingerprint density at radius 2 is 0.960 bits per heavy atom. The maximum absolute atomic E-state index is 2.68. The summed E-state index contributed by atoms with van der Waals surface area (Å²) >= 11 is 0. The van der Waals surface area contributed by atoms with E-state index in [0.717, 1.165) is 5.66 Å². The second-order valence-corrected chi connectivity index (χ2v) is 16.2. The standard InChI is InChI=1S/C23H34BP/c1-22(2,3)25(24,23(4,5)6)21-19(17-13-9-7-10-14-17)20(21)18-15-11-8-12-16-18/h7-16,19-21,25H,24H2,1-6H3. The van der Waals surface area contributed by atoms with E-state index in [1.165, 1.54) is 11.1 Å². The van der Waals surface area contributed by atoms with E-state index in [9.17, 15) is 0 Å². The van der Waals surface area contributed by atoms with Crippen LogP contribution in [0.1, 0.15) is 64.5 Å². The summed E-state index contributed by atoms with van der Waals surface area (Å²) in [6.45, 7) is 15.0. The van der Waals surface area contributed by atoms with Crippen LogP contribution in [0, 0.1) is 0 Å². The van der Waals surface area contributed by atoms with Crippen LogP contribution in [0.25, 0.3) is 0 Å². The van der Waals surface area contributed by atoms with Crippen molar-refractivity contribution in [2.75, 3.05) is 0 Å². The van der Waals surface area contributed by atoms with Crippen LogP contribution in [-0.4, -0.2) is 23.5 Å². The first-order valence-corrected chi connectivity index (χ1v) is 12.3. The topological polar surface area (TPSA) is 0 Å². The van der Waals surface area contributed by atoms with E-state index in [0.29, 0.717) is 22.1 Å². The molecule has 1 aliphatic rings. The first-order valence-electron chi connectivity index (χ1n) is 9.69. The molecule has 0 amide bonds. The third-order valence-electron chi connectivity index (χ3n) is 7.17. The van der Waals surface area contributed by atoms with Gasteiger partial charge >= 0.3 is 156 Å². The Hall–Kier alpha value is -1.07. The van der Waals surface area contributed by atoms with Gasteiger partial charge in [-0.2, -0.15) is 0 Å². The maximum atomic E-state index is 2.68. The van der Waals surface area contributed by atoms with Crippen LogP contribution in [0.5, 0.6) is 0 Å². The van der Waals surface area contributed by atoms with E-state index in [4.69, 9.17) is 0 Å². The van der Waals surface area contributed by atoms with Crippen LogP contribution in [0.3, 0.4) is 0 Å². The molecule has 0 nitrogen and oxygen atoms in total. The summed E-state index contributed by atoms with van der Waals surface area (Å²) in [6.07, 6.45) is 0. The van der Waals surface area contributed by atoms with E-state index >= 15 is 0 Å². The van der Waals surface area contributed by atoms with Crippen LogP contribution < -0.4 is 0 Å². The van der Waals surface area contributed by atoms with Crippen molar-refractivity contribution in [3.8, 4) is 0 Å².